The molecule has 1 heterocycles. The van der Waals surface area contributed by atoms with Crippen molar-refractivity contribution in [1.82, 2.24) is 0 Å². The van der Waals surface area contributed by atoms with Crippen molar-refractivity contribution in [2.75, 3.05) is 17.2 Å². The molecule has 104 valence electrons. The van der Waals surface area contributed by atoms with Crippen LogP contribution in [0.5, 0.6) is 0 Å². The van der Waals surface area contributed by atoms with E-state index < -0.39 is 15.3 Å². The van der Waals surface area contributed by atoms with Gasteiger partial charge < -0.3 is 10.6 Å². The van der Waals surface area contributed by atoms with E-state index in [4.69, 9.17) is 22.5 Å². The number of nitrogens with zero attached hydrogens (tertiary/aromatic N) is 1. The number of amides is 1. The summed E-state index contributed by atoms with van der Waals surface area (Å²) in [5.74, 6) is -0.313. The molecule has 1 aromatic carbocycles. The van der Waals surface area contributed by atoms with E-state index in [0.717, 1.165) is 5.56 Å². The van der Waals surface area contributed by atoms with E-state index >= 15 is 0 Å². The van der Waals surface area contributed by atoms with E-state index in [1.807, 2.05) is 0 Å². The van der Waals surface area contributed by atoms with E-state index in [-0.39, 0.29) is 18.9 Å². The summed E-state index contributed by atoms with van der Waals surface area (Å²) in [5.41, 5.74) is 7.39. The van der Waals surface area contributed by atoms with Crippen molar-refractivity contribution in [1.29, 1.82) is 0 Å². The fourth-order valence-corrected chi connectivity index (χ4v) is 2.95. The molecule has 4 N–H and O–H groups in total. The first-order chi connectivity index (χ1) is 8.70. The first-order valence-corrected chi connectivity index (χ1v) is 7.56. The van der Waals surface area contributed by atoms with Gasteiger partial charge in [0.1, 0.15) is 5.25 Å². The summed E-state index contributed by atoms with van der Waals surface area (Å²) in [6, 6.07) is 3.21. The maximum atomic E-state index is 11.9. The van der Waals surface area contributed by atoms with Crippen LogP contribution in [0.1, 0.15) is 12.0 Å². The number of benzene rings is 1. The second-order valence-corrected chi connectivity index (χ2v) is 6.83. The Kier molecular flexibility index (Phi) is 3.46. The predicted molar refractivity (Wildman–Crippen MR) is 74.5 cm³/mol. The van der Waals surface area contributed by atoms with Crippen molar-refractivity contribution in [3.05, 3.63) is 22.7 Å². The van der Waals surface area contributed by atoms with Crippen LogP contribution in [-0.2, 0) is 14.8 Å². The molecular formula is C11H14ClN3O3S. The van der Waals surface area contributed by atoms with Crippen LogP contribution >= 0.6 is 11.6 Å². The third kappa shape index (κ3) is 2.68. The van der Waals surface area contributed by atoms with Crippen molar-refractivity contribution >= 4 is 38.9 Å². The number of carbonyl (C=O) groups is 1. The summed E-state index contributed by atoms with van der Waals surface area (Å²) in [7, 11) is -3.74. The molecule has 1 amide bonds. The summed E-state index contributed by atoms with van der Waals surface area (Å²) in [5, 5.41) is 4.68. The van der Waals surface area contributed by atoms with Gasteiger partial charge in [-0.15, -0.1) is 0 Å². The average molecular weight is 304 g/mol. The summed E-state index contributed by atoms with van der Waals surface area (Å²) in [4.78, 5) is 13.2. The Morgan fingerprint density at radius 3 is 2.58 bits per heavy atom. The molecule has 0 spiro atoms. The third-order valence-corrected chi connectivity index (χ3v) is 4.81. The average Bonchev–Trinajstić information content (AvgIpc) is 2.65. The van der Waals surface area contributed by atoms with Gasteiger partial charge >= 0.3 is 0 Å². The summed E-state index contributed by atoms with van der Waals surface area (Å²) in [6.45, 7) is 1.80. The van der Waals surface area contributed by atoms with Gasteiger partial charge in [0.25, 0.3) is 0 Å². The third-order valence-electron chi connectivity index (χ3n) is 3.15. The van der Waals surface area contributed by atoms with Crippen LogP contribution in [-0.4, -0.2) is 26.1 Å². The highest BCUT2D eigenvalue weighted by Crippen LogP contribution is 2.33. The molecule has 1 unspecified atom stereocenters. The number of halogens is 1. The molecule has 6 nitrogen and oxygen atoms in total. The van der Waals surface area contributed by atoms with Crippen molar-refractivity contribution in [2.24, 2.45) is 5.14 Å². The Hall–Kier alpha value is -1.31. The van der Waals surface area contributed by atoms with E-state index in [0.29, 0.717) is 16.4 Å². The molecule has 19 heavy (non-hydrogen) atoms. The number of nitrogen functional groups attached to an aromatic ring is 1. The van der Waals surface area contributed by atoms with Crippen molar-refractivity contribution in [3.63, 3.8) is 0 Å². The highest BCUT2D eigenvalue weighted by molar-refractivity contribution is 7.89. The molecule has 0 radical (unpaired) electrons. The molecule has 2 rings (SSSR count). The number of rotatable bonds is 2. The molecule has 1 aliphatic heterocycles. The minimum atomic E-state index is -3.74. The normalized spacial score (nSPS) is 20.1. The van der Waals surface area contributed by atoms with Gasteiger partial charge in [0.2, 0.25) is 15.9 Å². The molecule has 1 atom stereocenters. The van der Waals surface area contributed by atoms with Crippen LogP contribution in [0, 0.1) is 6.92 Å². The van der Waals surface area contributed by atoms with E-state index in [1.165, 1.54) is 4.90 Å². The van der Waals surface area contributed by atoms with Gasteiger partial charge in [-0.3, -0.25) is 4.79 Å². The molecule has 1 aromatic rings. The lowest BCUT2D eigenvalue weighted by atomic mass is 10.2. The zero-order valence-electron chi connectivity index (χ0n) is 10.3. The summed E-state index contributed by atoms with van der Waals surface area (Å²) < 4.78 is 22.6. The first-order valence-electron chi connectivity index (χ1n) is 5.57. The number of hydrogen-bond acceptors (Lipinski definition) is 4. The van der Waals surface area contributed by atoms with Crippen LogP contribution < -0.4 is 15.8 Å². The van der Waals surface area contributed by atoms with Crippen LogP contribution in [0.4, 0.5) is 11.4 Å². The highest BCUT2D eigenvalue weighted by Gasteiger charge is 2.37. The van der Waals surface area contributed by atoms with Gasteiger partial charge in [-0.2, -0.15) is 0 Å². The molecule has 0 aromatic heterocycles. The second kappa shape index (κ2) is 4.66. The Morgan fingerprint density at radius 2 is 2.05 bits per heavy atom. The number of carbonyl (C=O) groups excluding carboxylic acids is 1. The number of anilines is 2. The number of aryl methyl sites for hydroxylation is 1. The number of nitrogens with two attached hydrogens (primary N) is 2. The molecular weight excluding hydrogens is 290 g/mol. The lowest BCUT2D eigenvalue weighted by molar-refractivity contribution is -0.117. The van der Waals surface area contributed by atoms with Crippen molar-refractivity contribution in [2.45, 2.75) is 18.6 Å². The maximum absolute atomic E-state index is 11.9. The van der Waals surface area contributed by atoms with Gasteiger partial charge in [0.15, 0.2) is 0 Å². The van der Waals surface area contributed by atoms with E-state index in [9.17, 15) is 13.2 Å². The van der Waals surface area contributed by atoms with Gasteiger partial charge in [-0.1, -0.05) is 11.6 Å². The van der Waals surface area contributed by atoms with Crippen LogP contribution in [0.3, 0.4) is 0 Å². The number of primary sulfonamides is 1. The fourth-order valence-electron chi connectivity index (χ4n) is 2.04. The summed E-state index contributed by atoms with van der Waals surface area (Å²) >= 11 is 5.93. The maximum Gasteiger partial charge on any atom is 0.228 e. The molecule has 1 aliphatic rings. The van der Waals surface area contributed by atoms with Gasteiger partial charge in [-0.25, -0.2) is 13.6 Å². The molecule has 0 bridgehead atoms. The standard InChI is InChI=1S/C11H14ClN3O3S/c1-6-2-10(9(13)4-8(6)12)15-5-7(3-11(15)16)19(14,17)18/h2,4,7H,3,5,13H2,1H3,(H2,14,17,18). The Bertz CT molecular complexity index is 645. The number of hydrogen-bond donors (Lipinski definition) is 2. The molecule has 1 fully saturated rings. The summed E-state index contributed by atoms with van der Waals surface area (Å²) in [6.07, 6.45) is -0.125. The van der Waals surface area contributed by atoms with Crippen LogP contribution in [0.15, 0.2) is 12.1 Å². The van der Waals surface area contributed by atoms with E-state index in [1.54, 1.807) is 19.1 Å². The molecule has 8 heteroatoms. The molecule has 1 saturated heterocycles. The van der Waals surface area contributed by atoms with E-state index in [2.05, 4.69) is 0 Å². The Balaban J connectivity index is 2.39. The van der Waals surface area contributed by atoms with Gasteiger partial charge in [0.05, 0.1) is 11.4 Å². The Labute approximate surface area is 116 Å². The monoisotopic (exact) mass is 303 g/mol. The SMILES string of the molecule is Cc1cc(N2CC(S(N)(=O)=O)CC2=O)c(N)cc1Cl. The molecule has 0 saturated carbocycles. The predicted octanol–water partition coefficient (Wildman–Crippen LogP) is 0.624. The minimum Gasteiger partial charge on any atom is -0.397 e. The topological polar surface area (TPSA) is 106 Å². The zero-order chi connectivity index (χ0) is 14.4. The van der Waals surface area contributed by atoms with Gasteiger partial charge in [0, 0.05) is 18.0 Å². The molecule has 0 aliphatic carbocycles. The first kappa shape index (κ1) is 14.1. The zero-order valence-corrected chi connectivity index (χ0v) is 11.8. The smallest absolute Gasteiger partial charge is 0.228 e. The van der Waals surface area contributed by atoms with Crippen molar-refractivity contribution < 1.29 is 13.2 Å². The van der Waals surface area contributed by atoms with Crippen LogP contribution in [0.2, 0.25) is 5.02 Å². The minimum absolute atomic E-state index is 0.0168. The second-order valence-electron chi connectivity index (χ2n) is 4.58. The lowest BCUT2D eigenvalue weighted by Crippen LogP contribution is -2.32. The lowest BCUT2D eigenvalue weighted by Gasteiger charge is -2.19. The quantitative estimate of drug-likeness (QED) is 0.781. The van der Waals surface area contributed by atoms with Crippen LogP contribution in [0.25, 0.3) is 0 Å². The van der Waals surface area contributed by atoms with Gasteiger partial charge in [-0.05, 0) is 24.6 Å². The fraction of sp³-hybridized carbons (Fsp3) is 0.364. The highest BCUT2D eigenvalue weighted by atomic mass is 35.5. The Morgan fingerprint density at radius 1 is 1.42 bits per heavy atom. The number of sulfonamides is 1. The van der Waals surface area contributed by atoms with Crippen molar-refractivity contribution in [3.8, 4) is 0 Å². The largest absolute Gasteiger partial charge is 0.397 e.